The van der Waals surface area contributed by atoms with Crippen LogP contribution in [0, 0.1) is 17.0 Å². The van der Waals surface area contributed by atoms with E-state index in [1.54, 1.807) is 37.3 Å². The van der Waals surface area contributed by atoms with E-state index in [1.165, 1.54) is 43.5 Å². The van der Waals surface area contributed by atoms with Crippen LogP contribution in [0.5, 0.6) is 5.75 Å². The Bertz CT molecular complexity index is 1480. The second kappa shape index (κ2) is 9.35. The Morgan fingerprint density at radius 3 is 2.57 bits per heavy atom. The number of carbonyl (C=O) groups is 1. The maximum atomic E-state index is 13.5. The first-order valence-corrected chi connectivity index (χ1v) is 10.5. The molecule has 0 fully saturated rings. The SMILES string of the molecule is COc1cccc(CC(O)(C(=O)Nc2ccc3c(=O)onc(C)c3c2)c2ccc([N+](=O)[O-])cc2)c1. The number of carbonyl (C=O) groups excluding carboxylic acids is 1. The molecule has 0 saturated heterocycles. The van der Waals surface area contributed by atoms with Gasteiger partial charge in [-0.2, -0.15) is 0 Å². The minimum absolute atomic E-state index is 0.133. The zero-order chi connectivity index (χ0) is 25.2. The fourth-order valence-corrected chi connectivity index (χ4v) is 3.79. The molecule has 2 N–H and O–H groups in total. The zero-order valence-corrected chi connectivity index (χ0v) is 18.8. The molecule has 0 saturated carbocycles. The minimum Gasteiger partial charge on any atom is -0.497 e. The Kier molecular flexibility index (Phi) is 6.30. The molecule has 0 bridgehead atoms. The summed E-state index contributed by atoms with van der Waals surface area (Å²) >= 11 is 0. The van der Waals surface area contributed by atoms with Crippen LogP contribution < -0.4 is 15.7 Å². The van der Waals surface area contributed by atoms with E-state index in [9.17, 15) is 24.8 Å². The molecule has 35 heavy (non-hydrogen) atoms. The van der Waals surface area contributed by atoms with E-state index in [0.29, 0.717) is 33.5 Å². The third kappa shape index (κ3) is 4.73. The predicted octanol–water partition coefficient (Wildman–Crippen LogP) is 3.48. The average Bonchev–Trinajstić information content (AvgIpc) is 2.86. The number of amides is 1. The second-order valence-electron chi connectivity index (χ2n) is 7.96. The highest BCUT2D eigenvalue weighted by Gasteiger charge is 2.39. The smallest absolute Gasteiger partial charge is 0.366 e. The molecule has 178 valence electrons. The van der Waals surface area contributed by atoms with Crippen LogP contribution in [0.15, 0.2) is 76.0 Å². The van der Waals surface area contributed by atoms with Crippen molar-refractivity contribution < 1.29 is 24.1 Å². The van der Waals surface area contributed by atoms with Crippen molar-refractivity contribution in [2.45, 2.75) is 18.9 Å². The van der Waals surface area contributed by atoms with Gasteiger partial charge in [-0.05, 0) is 60.5 Å². The van der Waals surface area contributed by atoms with Crippen LogP contribution in [0.1, 0.15) is 16.8 Å². The summed E-state index contributed by atoms with van der Waals surface area (Å²) in [6.45, 7) is 1.66. The predicted molar refractivity (Wildman–Crippen MR) is 127 cm³/mol. The van der Waals surface area contributed by atoms with Crippen LogP contribution in [0.2, 0.25) is 0 Å². The van der Waals surface area contributed by atoms with Gasteiger partial charge < -0.3 is 19.7 Å². The summed E-state index contributed by atoms with van der Waals surface area (Å²) in [6.07, 6.45) is -0.133. The van der Waals surface area contributed by atoms with E-state index in [4.69, 9.17) is 9.26 Å². The Labute approximate surface area is 198 Å². The molecule has 0 aliphatic carbocycles. The first-order valence-electron chi connectivity index (χ1n) is 10.5. The highest BCUT2D eigenvalue weighted by Crippen LogP contribution is 2.31. The fraction of sp³-hybridized carbons (Fsp3) is 0.160. The van der Waals surface area contributed by atoms with Crippen LogP contribution in [-0.4, -0.2) is 28.2 Å². The number of benzene rings is 3. The fourth-order valence-electron chi connectivity index (χ4n) is 3.79. The first-order chi connectivity index (χ1) is 16.7. The van der Waals surface area contributed by atoms with E-state index < -0.39 is 22.1 Å². The van der Waals surface area contributed by atoms with E-state index in [0.717, 1.165) is 0 Å². The number of nitro groups is 1. The maximum Gasteiger partial charge on any atom is 0.366 e. The number of non-ortho nitro benzene ring substituents is 1. The number of aliphatic hydroxyl groups is 1. The minimum atomic E-state index is -2.08. The molecule has 10 heteroatoms. The van der Waals surface area contributed by atoms with Crippen molar-refractivity contribution in [3.63, 3.8) is 0 Å². The third-order valence-electron chi connectivity index (χ3n) is 5.68. The van der Waals surface area contributed by atoms with Gasteiger partial charge in [-0.3, -0.25) is 14.9 Å². The first kappa shape index (κ1) is 23.6. The summed E-state index contributed by atoms with van der Waals surface area (Å²) in [6, 6.07) is 16.6. The third-order valence-corrected chi connectivity index (χ3v) is 5.68. The molecule has 0 aliphatic rings. The monoisotopic (exact) mass is 475 g/mol. The van der Waals surface area contributed by atoms with Gasteiger partial charge in [0.2, 0.25) is 0 Å². The Morgan fingerprint density at radius 2 is 1.89 bits per heavy atom. The summed E-state index contributed by atoms with van der Waals surface area (Å²) in [7, 11) is 1.51. The number of nitrogens with zero attached hydrogens (tertiary/aromatic N) is 2. The highest BCUT2D eigenvalue weighted by atomic mass is 16.6. The number of nitrogens with one attached hydrogen (secondary N) is 1. The van der Waals surface area contributed by atoms with Crippen molar-refractivity contribution in [3.05, 3.63) is 104 Å². The summed E-state index contributed by atoms with van der Waals surface area (Å²) in [4.78, 5) is 35.9. The van der Waals surface area contributed by atoms with Gasteiger partial charge in [0.25, 0.3) is 11.6 Å². The normalized spacial score (nSPS) is 12.7. The molecular formula is C25H21N3O7. The van der Waals surface area contributed by atoms with Crippen LogP contribution in [0.4, 0.5) is 11.4 Å². The van der Waals surface area contributed by atoms with E-state index in [2.05, 4.69) is 10.5 Å². The topological polar surface area (TPSA) is 145 Å². The molecule has 1 atom stereocenters. The standard InChI is InChI=1S/C25H21N3O7/c1-15-22-13-18(8-11-21(22)23(29)35-27-15)26-24(30)25(31,14-16-4-3-5-20(12-16)34-2)17-6-9-19(10-7-17)28(32)33/h3-13,31H,14H2,1-2H3,(H,26,30). The van der Waals surface area contributed by atoms with Gasteiger partial charge in [-0.1, -0.05) is 17.3 Å². The van der Waals surface area contributed by atoms with Gasteiger partial charge in [0.05, 0.1) is 23.1 Å². The van der Waals surface area contributed by atoms with Gasteiger partial charge in [-0.15, -0.1) is 0 Å². The lowest BCUT2D eigenvalue weighted by molar-refractivity contribution is -0.384. The van der Waals surface area contributed by atoms with Gasteiger partial charge >= 0.3 is 5.63 Å². The lowest BCUT2D eigenvalue weighted by atomic mass is 9.86. The Morgan fingerprint density at radius 1 is 1.14 bits per heavy atom. The quantitative estimate of drug-likeness (QED) is 0.305. The van der Waals surface area contributed by atoms with Crippen LogP contribution in [-0.2, 0) is 16.8 Å². The number of fused-ring (bicyclic) bond motifs is 1. The molecule has 4 rings (SSSR count). The molecule has 1 amide bonds. The molecule has 0 spiro atoms. The maximum absolute atomic E-state index is 13.5. The molecule has 0 aliphatic heterocycles. The van der Waals surface area contributed by atoms with Gasteiger partial charge in [0.1, 0.15) is 5.75 Å². The summed E-state index contributed by atoms with van der Waals surface area (Å²) < 4.78 is 9.96. The van der Waals surface area contributed by atoms with Crippen LogP contribution >= 0.6 is 0 Å². The summed E-state index contributed by atoms with van der Waals surface area (Å²) in [5, 5.41) is 29.9. The van der Waals surface area contributed by atoms with E-state index in [-0.39, 0.29) is 17.7 Å². The summed E-state index contributed by atoms with van der Waals surface area (Å²) in [5.41, 5.74) is -1.31. The second-order valence-corrected chi connectivity index (χ2v) is 7.96. The van der Waals surface area contributed by atoms with Crippen molar-refractivity contribution in [1.82, 2.24) is 5.16 Å². The Balaban J connectivity index is 1.74. The molecule has 1 heterocycles. The van der Waals surface area contributed by atoms with Gasteiger partial charge in [-0.25, -0.2) is 4.79 Å². The number of rotatable bonds is 7. The number of hydrogen-bond acceptors (Lipinski definition) is 8. The number of anilines is 1. The van der Waals surface area contributed by atoms with Crippen molar-refractivity contribution in [2.24, 2.45) is 0 Å². The van der Waals surface area contributed by atoms with E-state index >= 15 is 0 Å². The number of aryl methyl sites for hydroxylation is 1. The molecular weight excluding hydrogens is 454 g/mol. The molecule has 10 nitrogen and oxygen atoms in total. The Hall–Kier alpha value is -4.57. The van der Waals surface area contributed by atoms with Crippen molar-refractivity contribution in [2.75, 3.05) is 12.4 Å². The average molecular weight is 475 g/mol. The molecule has 1 aromatic heterocycles. The highest BCUT2D eigenvalue weighted by molar-refractivity contribution is 6.00. The van der Waals surface area contributed by atoms with Crippen LogP contribution in [0.25, 0.3) is 10.8 Å². The molecule has 1 unspecified atom stereocenters. The molecule has 0 radical (unpaired) electrons. The van der Waals surface area contributed by atoms with Crippen molar-refractivity contribution in [3.8, 4) is 5.75 Å². The van der Waals surface area contributed by atoms with Crippen molar-refractivity contribution >= 4 is 28.1 Å². The number of ether oxygens (including phenoxy) is 1. The molecule has 3 aromatic carbocycles. The number of methoxy groups -OCH3 is 1. The summed E-state index contributed by atoms with van der Waals surface area (Å²) in [5.74, 6) is -0.215. The van der Waals surface area contributed by atoms with Crippen molar-refractivity contribution in [1.29, 1.82) is 0 Å². The van der Waals surface area contributed by atoms with Crippen LogP contribution in [0.3, 0.4) is 0 Å². The largest absolute Gasteiger partial charge is 0.497 e. The zero-order valence-electron chi connectivity index (χ0n) is 18.8. The molecule has 4 aromatic rings. The van der Waals surface area contributed by atoms with Gasteiger partial charge in [0.15, 0.2) is 5.60 Å². The lowest BCUT2D eigenvalue weighted by Gasteiger charge is -2.28. The van der Waals surface area contributed by atoms with E-state index in [1.807, 2.05) is 0 Å². The number of aromatic nitrogens is 1. The number of nitro benzene ring substituents is 1. The van der Waals surface area contributed by atoms with Gasteiger partial charge in [0, 0.05) is 29.6 Å². The lowest BCUT2D eigenvalue weighted by Crippen LogP contribution is -2.42. The number of hydrogen-bond donors (Lipinski definition) is 2.